The molecule has 0 bridgehead atoms. The number of nitrogens with one attached hydrogen (secondary N) is 1. The molecular weight excluding hydrogens is 468 g/mol. The fourth-order valence-corrected chi connectivity index (χ4v) is 3.65. The van der Waals surface area contributed by atoms with Crippen molar-refractivity contribution in [3.8, 4) is 17.2 Å². The van der Waals surface area contributed by atoms with Crippen LogP contribution in [0, 0.1) is 0 Å². The van der Waals surface area contributed by atoms with Crippen molar-refractivity contribution in [1.82, 2.24) is 5.43 Å². The van der Waals surface area contributed by atoms with Crippen LogP contribution in [0.4, 0.5) is 0 Å². The SMILES string of the molecule is CCCOc1ccc(C(=O)N/N=C/c2c(OC(=O)c3ccc(OCC)cc3)ccc3ccccc23)cc1. The number of amides is 1. The van der Waals surface area contributed by atoms with E-state index in [0.717, 1.165) is 17.2 Å². The van der Waals surface area contributed by atoms with Crippen molar-refractivity contribution < 1.29 is 23.8 Å². The number of hydrogen-bond acceptors (Lipinski definition) is 6. The molecule has 4 aromatic rings. The molecule has 0 radical (unpaired) electrons. The molecule has 0 fully saturated rings. The second kappa shape index (κ2) is 12.4. The summed E-state index contributed by atoms with van der Waals surface area (Å²) in [7, 11) is 0. The van der Waals surface area contributed by atoms with E-state index < -0.39 is 5.97 Å². The number of carbonyl (C=O) groups is 2. The lowest BCUT2D eigenvalue weighted by Gasteiger charge is -2.11. The van der Waals surface area contributed by atoms with Gasteiger partial charge in [0.2, 0.25) is 0 Å². The highest BCUT2D eigenvalue weighted by Crippen LogP contribution is 2.27. The molecule has 7 nitrogen and oxygen atoms in total. The van der Waals surface area contributed by atoms with Gasteiger partial charge in [0, 0.05) is 11.1 Å². The van der Waals surface area contributed by atoms with E-state index in [9.17, 15) is 9.59 Å². The van der Waals surface area contributed by atoms with Gasteiger partial charge in [-0.1, -0.05) is 37.3 Å². The molecule has 0 saturated heterocycles. The third kappa shape index (κ3) is 6.52. The Labute approximate surface area is 215 Å². The molecule has 4 rings (SSSR count). The first-order valence-electron chi connectivity index (χ1n) is 12.1. The lowest BCUT2D eigenvalue weighted by Crippen LogP contribution is -2.17. The van der Waals surface area contributed by atoms with Crippen LogP contribution in [0.5, 0.6) is 17.2 Å². The number of benzene rings is 4. The van der Waals surface area contributed by atoms with Crippen molar-refractivity contribution in [3.05, 3.63) is 102 Å². The zero-order chi connectivity index (χ0) is 26.0. The summed E-state index contributed by atoms with van der Waals surface area (Å²) in [4.78, 5) is 25.4. The highest BCUT2D eigenvalue weighted by molar-refractivity contribution is 6.04. The lowest BCUT2D eigenvalue weighted by molar-refractivity contribution is 0.0734. The minimum Gasteiger partial charge on any atom is -0.494 e. The number of esters is 1. The molecule has 0 aliphatic rings. The molecule has 0 unspecified atom stereocenters. The van der Waals surface area contributed by atoms with Gasteiger partial charge in [0.1, 0.15) is 17.2 Å². The van der Waals surface area contributed by atoms with Crippen molar-refractivity contribution in [2.24, 2.45) is 5.10 Å². The van der Waals surface area contributed by atoms with Gasteiger partial charge in [-0.3, -0.25) is 4.79 Å². The normalized spacial score (nSPS) is 10.9. The van der Waals surface area contributed by atoms with Gasteiger partial charge in [0.15, 0.2) is 0 Å². The zero-order valence-electron chi connectivity index (χ0n) is 20.8. The Balaban J connectivity index is 1.53. The van der Waals surface area contributed by atoms with Crippen LogP contribution in [0.2, 0.25) is 0 Å². The van der Waals surface area contributed by atoms with Crippen molar-refractivity contribution in [2.75, 3.05) is 13.2 Å². The number of rotatable bonds is 10. The fraction of sp³-hybridized carbons (Fsp3) is 0.167. The topological polar surface area (TPSA) is 86.2 Å². The number of hydrogen-bond donors (Lipinski definition) is 1. The molecule has 0 heterocycles. The first kappa shape index (κ1) is 25.4. The van der Waals surface area contributed by atoms with Gasteiger partial charge in [0.05, 0.1) is 25.0 Å². The minimum atomic E-state index is -0.512. The minimum absolute atomic E-state index is 0.327. The van der Waals surface area contributed by atoms with Gasteiger partial charge in [-0.15, -0.1) is 0 Å². The van der Waals surface area contributed by atoms with Crippen LogP contribution in [-0.2, 0) is 0 Å². The van der Waals surface area contributed by atoms with Crippen molar-refractivity contribution in [1.29, 1.82) is 0 Å². The highest BCUT2D eigenvalue weighted by Gasteiger charge is 2.14. The maximum atomic E-state index is 12.8. The Kier molecular flexibility index (Phi) is 8.49. The third-order valence-corrected chi connectivity index (χ3v) is 5.48. The van der Waals surface area contributed by atoms with E-state index in [1.54, 1.807) is 54.6 Å². The van der Waals surface area contributed by atoms with Gasteiger partial charge in [-0.05, 0) is 78.7 Å². The molecular formula is C30H28N2O5. The van der Waals surface area contributed by atoms with Gasteiger partial charge in [0.25, 0.3) is 5.91 Å². The zero-order valence-corrected chi connectivity index (χ0v) is 20.8. The quantitative estimate of drug-likeness (QED) is 0.126. The summed E-state index contributed by atoms with van der Waals surface area (Å²) in [6.07, 6.45) is 2.39. The van der Waals surface area contributed by atoms with E-state index in [2.05, 4.69) is 10.5 Å². The largest absolute Gasteiger partial charge is 0.494 e. The second-order valence-corrected chi connectivity index (χ2v) is 8.12. The maximum absolute atomic E-state index is 12.8. The Hall–Kier alpha value is -4.65. The van der Waals surface area contributed by atoms with E-state index >= 15 is 0 Å². The molecule has 0 atom stereocenters. The van der Waals surface area contributed by atoms with E-state index in [0.29, 0.717) is 47.2 Å². The standard InChI is InChI=1S/C30H28N2O5/c1-3-19-36-25-14-9-22(10-15-25)29(33)32-31-20-27-26-8-6-5-7-21(26)13-18-28(27)37-30(34)23-11-16-24(17-12-23)35-4-2/h5-18,20H,3-4,19H2,1-2H3,(H,32,33)/b31-20+. The monoisotopic (exact) mass is 496 g/mol. The van der Waals surface area contributed by atoms with Crippen LogP contribution in [0.15, 0.2) is 90.0 Å². The van der Waals surface area contributed by atoms with Gasteiger partial charge in [-0.25, -0.2) is 10.2 Å². The molecule has 0 saturated carbocycles. The van der Waals surface area contributed by atoms with Crippen molar-refractivity contribution in [3.63, 3.8) is 0 Å². The molecule has 37 heavy (non-hydrogen) atoms. The number of hydrazone groups is 1. The molecule has 0 aliphatic heterocycles. The third-order valence-electron chi connectivity index (χ3n) is 5.48. The van der Waals surface area contributed by atoms with Crippen LogP contribution in [0.1, 0.15) is 46.5 Å². The highest BCUT2D eigenvalue weighted by atomic mass is 16.5. The van der Waals surface area contributed by atoms with Crippen LogP contribution >= 0.6 is 0 Å². The Morgan fingerprint density at radius 1 is 0.811 bits per heavy atom. The Morgan fingerprint density at radius 2 is 1.49 bits per heavy atom. The van der Waals surface area contributed by atoms with Crippen LogP contribution < -0.4 is 19.6 Å². The molecule has 0 aromatic heterocycles. The number of ether oxygens (including phenoxy) is 3. The second-order valence-electron chi connectivity index (χ2n) is 8.12. The molecule has 1 amide bonds. The van der Waals surface area contributed by atoms with Crippen LogP contribution in [-0.4, -0.2) is 31.3 Å². The summed E-state index contributed by atoms with van der Waals surface area (Å²) < 4.78 is 16.7. The van der Waals surface area contributed by atoms with E-state index in [-0.39, 0.29) is 5.91 Å². The van der Waals surface area contributed by atoms with E-state index in [4.69, 9.17) is 14.2 Å². The summed E-state index contributed by atoms with van der Waals surface area (Å²) in [6.45, 7) is 5.08. The average Bonchev–Trinajstić information content (AvgIpc) is 2.93. The van der Waals surface area contributed by atoms with E-state index in [1.807, 2.05) is 44.2 Å². The first-order valence-corrected chi connectivity index (χ1v) is 12.1. The summed E-state index contributed by atoms with van der Waals surface area (Å²) in [6, 6.07) is 24.9. The summed E-state index contributed by atoms with van der Waals surface area (Å²) >= 11 is 0. The predicted octanol–water partition coefficient (Wildman–Crippen LogP) is 6.01. The molecule has 188 valence electrons. The predicted molar refractivity (Wildman–Crippen MR) is 144 cm³/mol. The molecule has 4 aromatic carbocycles. The molecule has 7 heteroatoms. The number of carbonyl (C=O) groups excluding carboxylic acids is 2. The molecule has 0 spiro atoms. The Morgan fingerprint density at radius 3 is 2.19 bits per heavy atom. The summed E-state index contributed by atoms with van der Waals surface area (Å²) in [5.41, 5.74) is 3.94. The molecule has 0 aliphatic carbocycles. The average molecular weight is 497 g/mol. The van der Waals surface area contributed by atoms with Crippen LogP contribution in [0.3, 0.4) is 0 Å². The lowest BCUT2D eigenvalue weighted by atomic mass is 10.0. The van der Waals surface area contributed by atoms with Gasteiger partial charge in [-0.2, -0.15) is 5.10 Å². The number of nitrogens with zero attached hydrogens (tertiary/aromatic N) is 1. The molecule has 1 N–H and O–H groups in total. The van der Waals surface area contributed by atoms with Crippen molar-refractivity contribution in [2.45, 2.75) is 20.3 Å². The van der Waals surface area contributed by atoms with Crippen LogP contribution in [0.25, 0.3) is 10.8 Å². The van der Waals surface area contributed by atoms with Crippen molar-refractivity contribution >= 4 is 28.9 Å². The van der Waals surface area contributed by atoms with Gasteiger partial charge >= 0.3 is 5.97 Å². The summed E-state index contributed by atoms with van der Waals surface area (Å²) in [5, 5.41) is 5.92. The van der Waals surface area contributed by atoms with E-state index in [1.165, 1.54) is 6.21 Å². The van der Waals surface area contributed by atoms with Gasteiger partial charge < -0.3 is 14.2 Å². The number of fused-ring (bicyclic) bond motifs is 1. The Bertz CT molecular complexity index is 1400. The smallest absolute Gasteiger partial charge is 0.343 e. The summed E-state index contributed by atoms with van der Waals surface area (Å²) in [5.74, 6) is 0.829. The fourth-order valence-electron chi connectivity index (χ4n) is 3.65. The first-order chi connectivity index (χ1) is 18.1. The maximum Gasteiger partial charge on any atom is 0.343 e.